The van der Waals surface area contributed by atoms with Crippen LogP contribution in [0, 0.1) is 5.92 Å². The van der Waals surface area contributed by atoms with Crippen LogP contribution in [0.5, 0.6) is 5.75 Å². The average molecular weight is 361 g/mol. The first-order chi connectivity index (χ1) is 12.6. The van der Waals surface area contributed by atoms with E-state index in [9.17, 15) is 9.59 Å². The fourth-order valence-electron chi connectivity index (χ4n) is 3.45. The number of amides is 3. The number of ether oxygens (including phenoxy) is 1. The molecule has 0 aliphatic carbocycles. The molecule has 1 heterocycles. The molecule has 0 atom stereocenters. The van der Waals surface area contributed by atoms with Gasteiger partial charge in [0.15, 0.2) is 0 Å². The lowest BCUT2D eigenvalue weighted by Crippen LogP contribution is -2.47. The first-order valence-electron chi connectivity index (χ1n) is 9.54. The molecule has 1 aliphatic rings. The molecule has 1 aromatic carbocycles. The molecular weight excluding hydrogens is 330 g/mol. The maximum atomic E-state index is 12.4. The molecule has 6 heteroatoms. The number of methoxy groups -OCH3 is 1. The lowest BCUT2D eigenvalue weighted by atomic mass is 9.95. The van der Waals surface area contributed by atoms with Crippen molar-refractivity contribution in [3.63, 3.8) is 0 Å². The van der Waals surface area contributed by atoms with Gasteiger partial charge in [0, 0.05) is 38.6 Å². The largest absolute Gasteiger partial charge is 0.496 e. The fourth-order valence-corrected chi connectivity index (χ4v) is 3.45. The van der Waals surface area contributed by atoms with Gasteiger partial charge in [0.2, 0.25) is 5.91 Å². The quantitative estimate of drug-likeness (QED) is 0.812. The summed E-state index contributed by atoms with van der Waals surface area (Å²) in [4.78, 5) is 28.5. The third-order valence-electron chi connectivity index (χ3n) is 5.07. The zero-order chi connectivity index (χ0) is 18.9. The Morgan fingerprint density at radius 2 is 1.85 bits per heavy atom. The Morgan fingerprint density at radius 1 is 1.19 bits per heavy atom. The van der Waals surface area contributed by atoms with Gasteiger partial charge in [0.25, 0.3) is 0 Å². The number of hydrogen-bond donors (Lipinski definition) is 1. The second-order valence-corrected chi connectivity index (χ2v) is 6.57. The summed E-state index contributed by atoms with van der Waals surface area (Å²) in [6.45, 7) is 7.35. The van der Waals surface area contributed by atoms with E-state index >= 15 is 0 Å². The lowest BCUT2D eigenvalue weighted by molar-refractivity contribution is -0.136. The Bertz CT molecular complexity index is 594. The molecule has 0 radical (unpaired) electrons. The molecule has 144 valence electrons. The van der Waals surface area contributed by atoms with Crippen molar-refractivity contribution < 1.29 is 14.3 Å². The van der Waals surface area contributed by atoms with Crippen LogP contribution in [0.4, 0.5) is 4.79 Å². The summed E-state index contributed by atoms with van der Waals surface area (Å²) in [5.41, 5.74) is 1.08. The molecule has 1 aliphatic heterocycles. The molecular formula is C20H31N3O3. The van der Waals surface area contributed by atoms with Crippen molar-refractivity contribution in [1.29, 1.82) is 0 Å². The van der Waals surface area contributed by atoms with Crippen LogP contribution in [-0.2, 0) is 11.2 Å². The molecule has 0 aromatic heterocycles. The number of rotatable bonds is 7. The second-order valence-electron chi connectivity index (χ2n) is 6.57. The normalized spacial score (nSPS) is 14.8. The molecule has 6 nitrogen and oxygen atoms in total. The average Bonchev–Trinajstić information content (AvgIpc) is 2.69. The van der Waals surface area contributed by atoms with Gasteiger partial charge in [-0.25, -0.2) is 4.79 Å². The smallest absolute Gasteiger partial charge is 0.317 e. The highest BCUT2D eigenvalue weighted by atomic mass is 16.5. The summed E-state index contributed by atoms with van der Waals surface area (Å²) in [5.74, 6) is 1.12. The van der Waals surface area contributed by atoms with E-state index in [0.29, 0.717) is 19.6 Å². The number of hydrogen-bond acceptors (Lipinski definition) is 3. The van der Waals surface area contributed by atoms with Gasteiger partial charge in [-0.05, 0) is 44.7 Å². The van der Waals surface area contributed by atoms with E-state index in [1.807, 2.05) is 47.9 Å². The van der Waals surface area contributed by atoms with Crippen LogP contribution in [0.25, 0.3) is 0 Å². The molecule has 3 amide bonds. The van der Waals surface area contributed by atoms with E-state index in [4.69, 9.17) is 4.74 Å². The number of likely N-dealkylation sites (tertiary alicyclic amines) is 1. The van der Waals surface area contributed by atoms with Gasteiger partial charge in [-0.3, -0.25) is 4.79 Å². The summed E-state index contributed by atoms with van der Waals surface area (Å²) >= 11 is 0. The van der Waals surface area contributed by atoms with Crippen molar-refractivity contribution in [1.82, 2.24) is 15.1 Å². The van der Waals surface area contributed by atoms with Gasteiger partial charge in [-0.15, -0.1) is 0 Å². The number of piperidine rings is 1. The Kier molecular flexibility index (Phi) is 7.75. The molecule has 1 fully saturated rings. The Labute approximate surface area is 156 Å². The van der Waals surface area contributed by atoms with E-state index in [0.717, 1.165) is 43.7 Å². The van der Waals surface area contributed by atoms with Crippen LogP contribution in [0.1, 0.15) is 32.3 Å². The van der Waals surface area contributed by atoms with Crippen LogP contribution in [0.3, 0.4) is 0 Å². The standard InChI is InChI=1S/C20H31N3O3/c1-4-22(5-2)19(24)17-11-14-23(15-12-17)20(25)21-13-10-16-8-6-7-9-18(16)26-3/h6-9,17H,4-5,10-15H2,1-3H3,(H,21,25). The predicted octanol–water partition coefficient (Wildman–Crippen LogP) is 2.53. The number of carbonyl (C=O) groups excluding carboxylic acids is 2. The third kappa shape index (κ3) is 5.13. The van der Waals surface area contributed by atoms with E-state index in [1.165, 1.54) is 0 Å². The summed E-state index contributed by atoms with van der Waals surface area (Å²) in [6.07, 6.45) is 2.22. The van der Waals surface area contributed by atoms with Crippen molar-refractivity contribution in [3.8, 4) is 5.75 Å². The first kappa shape index (κ1) is 20.1. The maximum Gasteiger partial charge on any atom is 0.317 e. The van der Waals surface area contributed by atoms with Gasteiger partial charge in [0.1, 0.15) is 5.75 Å². The summed E-state index contributed by atoms with van der Waals surface area (Å²) in [7, 11) is 1.65. The van der Waals surface area contributed by atoms with Crippen LogP contribution in [0.2, 0.25) is 0 Å². The van der Waals surface area contributed by atoms with Gasteiger partial charge in [-0.1, -0.05) is 18.2 Å². The minimum absolute atomic E-state index is 0.0476. The number of para-hydroxylation sites is 1. The van der Waals surface area contributed by atoms with Gasteiger partial charge < -0.3 is 19.9 Å². The van der Waals surface area contributed by atoms with Crippen LogP contribution in [0.15, 0.2) is 24.3 Å². The highest BCUT2D eigenvalue weighted by Crippen LogP contribution is 2.20. The minimum Gasteiger partial charge on any atom is -0.496 e. The van der Waals surface area contributed by atoms with Gasteiger partial charge in [-0.2, -0.15) is 0 Å². The molecule has 2 rings (SSSR count). The summed E-state index contributed by atoms with van der Waals surface area (Å²) in [5, 5.41) is 2.98. The monoisotopic (exact) mass is 361 g/mol. The Hall–Kier alpha value is -2.24. The van der Waals surface area contributed by atoms with E-state index in [2.05, 4.69) is 5.32 Å². The predicted molar refractivity (Wildman–Crippen MR) is 102 cm³/mol. The Morgan fingerprint density at radius 3 is 2.46 bits per heavy atom. The molecule has 1 aromatic rings. The third-order valence-corrected chi connectivity index (χ3v) is 5.07. The van der Waals surface area contributed by atoms with Gasteiger partial charge >= 0.3 is 6.03 Å². The van der Waals surface area contributed by atoms with Gasteiger partial charge in [0.05, 0.1) is 7.11 Å². The van der Waals surface area contributed by atoms with Crippen molar-refractivity contribution >= 4 is 11.9 Å². The minimum atomic E-state index is -0.0476. The molecule has 1 N–H and O–H groups in total. The van der Waals surface area contributed by atoms with Crippen molar-refractivity contribution in [3.05, 3.63) is 29.8 Å². The number of urea groups is 1. The SMILES string of the molecule is CCN(CC)C(=O)C1CCN(C(=O)NCCc2ccccc2OC)CC1. The molecule has 26 heavy (non-hydrogen) atoms. The highest BCUT2D eigenvalue weighted by Gasteiger charge is 2.29. The number of nitrogens with zero attached hydrogens (tertiary/aromatic N) is 2. The van der Waals surface area contributed by atoms with E-state index in [1.54, 1.807) is 7.11 Å². The molecule has 0 bridgehead atoms. The molecule has 0 spiro atoms. The summed E-state index contributed by atoms with van der Waals surface area (Å²) in [6, 6.07) is 7.79. The highest BCUT2D eigenvalue weighted by molar-refractivity contribution is 5.79. The number of benzene rings is 1. The Balaban J connectivity index is 1.75. The molecule has 0 unspecified atom stereocenters. The van der Waals surface area contributed by atoms with Crippen molar-refractivity contribution in [2.24, 2.45) is 5.92 Å². The lowest BCUT2D eigenvalue weighted by Gasteiger charge is -2.33. The molecule has 0 saturated carbocycles. The molecule has 1 saturated heterocycles. The fraction of sp³-hybridized carbons (Fsp3) is 0.600. The second kappa shape index (κ2) is 10.0. The van der Waals surface area contributed by atoms with Crippen LogP contribution >= 0.6 is 0 Å². The zero-order valence-electron chi connectivity index (χ0n) is 16.2. The van der Waals surface area contributed by atoms with Crippen molar-refractivity contribution in [2.45, 2.75) is 33.1 Å². The van der Waals surface area contributed by atoms with Crippen LogP contribution < -0.4 is 10.1 Å². The first-order valence-corrected chi connectivity index (χ1v) is 9.54. The number of carbonyl (C=O) groups is 2. The van der Waals surface area contributed by atoms with E-state index < -0.39 is 0 Å². The maximum absolute atomic E-state index is 12.4. The number of nitrogens with one attached hydrogen (secondary N) is 1. The van der Waals surface area contributed by atoms with Crippen molar-refractivity contribution in [2.75, 3.05) is 39.8 Å². The summed E-state index contributed by atoms with van der Waals surface area (Å²) < 4.78 is 5.33. The van der Waals surface area contributed by atoms with E-state index in [-0.39, 0.29) is 17.9 Å². The topological polar surface area (TPSA) is 61.9 Å². The van der Waals surface area contributed by atoms with Crippen LogP contribution in [-0.4, -0.2) is 61.6 Å². The zero-order valence-corrected chi connectivity index (χ0v) is 16.2.